The predicted octanol–water partition coefficient (Wildman–Crippen LogP) is 4.50. The van der Waals surface area contributed by atoms with Gasteiger partial charge in [0.05, 0.1) is 10.5 Å². The van der Waals surface area contributed by atoms with Crippen molar-refractivity contribution in [1.29, 1.82) is 0 Å². The number of anilines is 2. The Labute approximate surface area is 219 Å². The third-order valence-electron chi connectivity index (χ3n) is 6.34. The number of carbonyl (C=O) groups excluding carboxylic acids is 1. The molecule has 2 aromatic carbocycles. The zero-order valence-corrected chi connectivity index (χ0v) is 22.0. The lowest BCUT2D eigenvalue weighted by Crippen LogP contribution is -2.49. The van der Waals surface area contributed by atoms with Crippen molar-refractivity contribution in [3.8, 4) is 11.4 Å². The van der Waals surface area contributed by atoms with Crippen LogP contribution in [0.3, 0.4) is 0 Å². The van der Waals surface area contributed by atoms with E-state index >= 15 is 0 Å². The first-order valence-corrected chi connectivity index (χ1v) is 13.5. The van der Waals surface area contributed by atoms with Crippen LogP contribution in [0.4, 0.5) is 24.7 Å². The molecule has 1 N–H and O–H groups in total. The first-order chi connectivity index (χ1) is 17.9. The van der Waals surface area contributed by atoms with Crippen molar-refractivity contribution < 1.29 is 26.4 Å². The summed E-state index contributed by atoms with van der Waals surface area (Å²) < 4.78 is 67.6. The minimum Gasteiger partial charge on any atom is -0.354 e. The number of carbonyl (C=O) groups is 1. The lowest BCUT2D eigenvalue weighted by molar-refractivity contribution is -0.137. The van der Waals surface area contributed by atoms with Crippen LogP contribution in [0.5, 0.6) is 0 Å². The summed E-state index contributed by atoms with van der Waals surface area (Å²) in [6.45, 7) is 6.25. The zero-order chi connectivity index (χ0) is 27.7. The average Bonchev–Trinajstić information content (AvgIpc) is 2.88. The highest BCUT2D eigenvalue weighted by molar-refractivity contribution is 7.89. The molecule has 1 saturated heterocycles. The third-order valence-corrected chi connectivity index (χ3v) is 8.26. The molecule has 0 atom stereocenters. The molecule has 0 bridgehead atoms. The number of hydrogen-bond donors (Lipinski definition) is 1. The molecule has 3 aromatic rings. The molecular formula is C26H28F3N5O3S. The van der Waals surface area contributed by atoms with Gasteiger partial charge in [0.25, 0.3) is 0 Å². The quantitative estimate of drug-likeness (QED) is 0.488. The number of sulfonamides is 1. The monoisotopic (exact) mass is 547 g/mol. The number of rotatable bonds is 6. The first-order valence-electron chi connectivity index (χ1n) is 12.1. The Bertz CT molecular complexity index is 1440. The maximum Gasteiger partial charge on any atom is 0.416 e. The molecule has 1 aliphatic rings. The van der Waals surface area contributed by atoms with Crippen LogP contribution in [0, 0.1) is 6.92 Å². The van der Waals surface area contributed by atoms with Crippen LogP contribution in [0.15, 0.2) is 53.4 Å². The molecule has 1 amide bonds. The fourth-order valence-electron chi connectivity index (χ4n) is 4.42. The van der Waals surface area contributed by atoms with Gasteiger partial charge in [-0.15, -0.1) is 0 Å². The minimum atomic E-state index is -4.48. The van der Waals surface area contributed by atoms with Crippen LogP contribution in [-0.4, -0.2) is 54.8 Å². The predicted molar refractivity (Wildman–Crippen MR) is 138 cm³/mol. The minimum absolute atomic E-state index is 0.124. The van der Waals surface area contributed by atoms with E-state index in [-0.39, 0.29) is 35.3 Å². The van der Waals surface area contributed by atoms with E-state index in [1.54, 1.807) is 13.0 Å². The Kier molecular flexibility index (Phi) is 7.75. The Hall–Kier alpha value is -3.51. The van der Waals surface area contributed by atoms with Crippen LogP contribution >= 0.6 is 0 Å². The Morgan fingerprint density at radius 3 is 2.26 bits per heavy atom. The van der Waals surface area contributed by atoms with E-state index in [1.807, 2.05) is 11.8 Å². The van der Waals surface area contributed by atoms with E-state index in [2.05, 4.69) is 15.3 Å². The van der Waals surface area contributed by atoms with Crippen LogP contribution < -0.4 is 10.2 Å². The van der Waals surface area contributed by atoms with Crippen LogP contribution in [0.2, 0.25) is 0 Å². The largest absolute Gasteiger partial charge is 0.416 e. The molecule has 202 valence electrons. The zero-order valence-electron chi connectivity index (χ0n) is 21.2. The molecule has 0 aliphatic carbocycles. The Balaban J connectivity index is 1.56. The number of halogens is 3. The van der Waals surface area contributed by atoms with Gasteiger partial charge in [-0.2, -0.15) is 17.5 Å². The maximum absolute atomic E-state index is 13.3. The number of amides is 1. The van der Waals surface area contributed by atoms with Crippen molar-refractivity contribution in [2.24, 2.45) is 0 Å². The number of piperazine rings is 1. The van der Waals surface area contributed by atoms with Gasteiger partial charge in [-0.25, -0.2) is 18.4 Å². The van der Waals surface area contributed by atoms with E-state index in [0.29, 0.717) is 36.7 Å². The van der Waals surface area contributed by atoms with Crippen molar-refractivity contribution in [2.45, 2.75) is 38.3 Å². The summed E-state index contributed by atoms with van der Waals surface area (Å²) in [5, 5.41) is 2.61. The summed E-state index contributed by atoms with van der Waals surface area (Å²) in [6, 6.07) is 10.9. The number of alkyl halides is 3. The van der Waals surface area contributed by atoms with E-state index in [9.17, 15) is 26.4 Å². The fourth-order valence-corrected chi connectivity index (χ4v) is 5.85. The van der Waals surface area contributed by atoms with E-state index < -0.39 is 21.8 Å². The fraction of sp³-hybridized carbons (Fsp3) is 0.346. The number of nitrogens with one attached hydrogen (secondary N) is 1. The molecule has 1 aromatic heterocycles. The second-order valence-electron chi connectivity index (χ2n) is 8.96. The van der Waals surface area contributed by atoms with Gasteiger partial charge in [-0.1, -0.05) is 19.1 Å². The molecule has 4 rings (SSSR count). The highest BCUT2D eigenvalue weighted by Crippen LogP contribution is 2.33. The highest BCUT2D eigenvalue weighted by Gasteiger charge is 2.32. The second-order valence-corrected chi connectivity index (χ2v) is 10.9. The first kappa shape index (κ1) is 27.5. The van der Waals surface area contributed by atoms with Gasteiger partial charge >= 0.3 is 6.18 Å². The van der Waals surface area contributed by atoms with Gasteiger partial charge in [0.2, 0.25) is 15.9 Å². The summed E-state index contributed by atoms with van der Waals surface area (Å²) in [5.41, 5.74) is 1.52. The number of hydrogen-bond acceptors (Lipinski definition) is 6. The van der Waals surface area contributed by atoms with Gasteiger partial charge in [0.15, 0.2) is 5.82 Å². The average molecular weight is 548 g/mol. The van der Waals surface area contributed by atoms with Gasteiger partial charge in [-0.05, 0) is 49.7 Å². The van der Waals surface area contributed by atoms with Gasteiger partial charge in [0, 0.05) is 55.6 Å². The van der Waals surface area contributed by atoms with Crippen molar-refractivity contribution in [1.82, 2.24) is 14.3 Å². The molecule has 8 nitrogen and oxygen atoms in total. The smallest absolute Gasteiger partial charge is 0.354 e. The summed E-state index contributed by atoms with van der Waals surface area (Å²) in [7, 11) is -3.75. The van der Waals surface area contributed by atoms with Crippen molar-refractivity contribution in [2.75, 3.05) is 36.4 Å². The molecule has 12 heteroatoms. The number of nitrogens with zero attached hydrogens (tertiary/aromatic N) is 4. The maximum atomic E-state index is 13.3. The Morgan fingerprint density at radius 1 is 1.03 bits per heavy atom. The number of aromatic nitrogens is 2. The molecule has 38 heavy (non-hydrogen) atoms. The summed E-state index contributed by atoms with van der Waals surface area (Å²) in [5.74, 6) is 0.540. The third kappa shape index (κ3) is 5.81. The van der Waals surface area contributed by atoms with Crippen molar-refractivity contribution in [3.63, 3.8) is 0 Å². The van der Waals surface area contributed by atoms with Crippen molar-refractivity contribution >= 4 is 27.4 Å². The van der Waals surface area contributed by atoms with Crippen LogP contribution in [0.25, 0.3) is 11.4 Å². The second kappa shape index (κ2) is 10.7. The molecule has 1 aliphatic heterocycles. The highest BCUT2D eigenvalue weighted by atomic mass is 32.2. The number of benzene rings is 2. The molecule has 2 heterocycles. The van der Waals surface area contributed by atoms with Crippen LogP contribution in [-0.2, 0) is 27.4 Å². The van der Waals surface area contributed by atoms with Gasteiger partial charge in [-0.3, -0.25) is 4.79 Å². The molecule has 0 spiro atoms. The van der Waals surface area contributed by atoms with Crippen molar-refractivity contribution in [3.05, 3.63) is 65.4 Å². The van der Waals surface area contributed by atoms with Gasteiger partial charge in [0.1, 0.15) is 5.82 Å². The van der Waals surface area contributed by atoms with E-state index in [4.69, 9.17) is 0 Å². The SMILES string of the molecule is CCc1c(C)nc(-c2cccc(C(F)(F)F)c2)nc1N1CCN(S(=O)(=O)c2ccc(NC(C)=O)cc2)CC1. The van der Waals surface area contributed by atoms with E-state index in [0.717, 1.165) is 17.7 Å². The lowest BCUT2D eigenvalue weighted by atomic mass is 10.1. The summed E-state index contributed by atoms with van der Waals surface area (Å²) >= 11 is 0. The molecule has 0 radical (unpaired) electrons. The molecule has 1 fully saturated rings. The molecule has 0 saturated carbocycles. The topological polar surface area (TPSA) is 95.5 Å². The number of aryl methyl sites for hydroxylation is 1. The molecule has 0 unspecified atom stereocenters. The standard InChI is InChI=1S/C26H28F3N5O3S/c1-4-23-17(2)30-24(19-6-5-7-20(16-19)26(27,28)29)32-25(23)33-12-14-34(15-13-33)38(36,37)22-10-8-21(9-11-22)31-18(3)35/h5-11,16H,4,12-15H2,1-3H3,(H,31,35). The molecular weight excluding hydrogens is 519 g/mol. The lowest BCUT2D eigenvalue weighted by Gasteiger charge is -2.35. The van der Waals surface area contributed by atoms with E-state index in [1.165, 1.54) is 41.6 Å². The Morgan fingerprint density at radius 2 is 1.68 bits per heavy atom. The van der Waals surface area contributed by atoms with Crippen LogP contribution in [0.1, 0.15) is 30.7 Å². The summed E-state index contributed by atoms with van der Waals surface area (Å²) in [6.07, 6.45) is -3.87. The summed E-state index contributed by atoms with van der Waals surface area (Å²) in [4.78, 5) is 22.4. The normalized spacial score (nSPS) is 14.9. The van der Waals surface area contributed by atoms with Gasteiger partial charge < -0.3 is 10.2 Å².